The number of piperidine rings is 1. The second-order valence-corrected chi connectivity index (χ2v) is 7.23. The standard InChI is InChI=1S/C18H26ClN3O2/c1-24-17-5-4-14(19)10-16(17)21-18(23)12-22-8-6-15(7-9-22)20-11-13-2-3-13/h4-5,10,13,15,20H,2-3,6-9,11-12H2,1H3,(H,21,23). The first-order valence-corrected chi connectivity index (χ1v) is 9.11. The van der Waals surface area contributed by atoms with Crippen LogP contribution >= 0.6 is 11.6 Å². The Bertz CT molecular complexity index is 569. The molecule has 6 heteroatoms. The lowest BCUT2D eigenvalue weighted by molar-refractivity contribution is -0.117. The van der Waals surface area contributed by atoms with Crippen molar-refractivity contribution >= 4 is 23.2 Å². The summed E-state index contributed by atoms with van der Waals surface area (Å²) in [5, 5.41) is 7.14. The van der Waals surface area contributed by atoms with Crippen LogP contribution in [0.4, 0.5) is 5.69 Å². The quantitative estimate of drug-likeness (QED) is 0.793. The van der Waals surface area contributed by atoms with Crippen molar-refractivity contribution in [2.24, 2.45) is 5.92 Å². The van der Waals surface area contributed by atoms with E-state index in [4.69, 9.17) is 16.3 Å². The van der Waals surface area contributed by atoms with Crippen molar-refractivity contribution in [2.45, 2.75) is 31.7 Å². The van der Waals surface area contributed by atoms with Gasteiger partial charge in [0.2, 0.25) is 5.91 Å². The SMILES string of the molecule is COc1ccc(Cl)cc1NC(=O)CN1CCC(NCC2CC2)CC1. The second kappa shape index (κ2) is 8.19. The number of methoxy groups -OCH3 is 1. The Balaban J connectivity index is 1.43. The normalized spacial score (nSPS) is 19.2. The minimum absolute atomic E-state index is 0.0278. The molecule has 1 aliphatic heterocycles. The molecular weight excluding hydrogens is 326 g/mol. The van der Waals surface area contributed by atoms with Gasteiger partial charge < -0.3 is 15.4 Å². The molecule has 0 unspecified atom stereocenters. The van der Waals surface area contributed by atoms with Crippen LogP contribution in [0, 0.1) is 5.92 Å². The van der Waals surface area contributed by atoms with Crippen LogP contribution in [0.15, 0.2) is 18.2 Å². The molecule has 1 heterocycles. The van der Waals surface area contributed by atoms with Gasteiger partial charge in [0.1, 0.15) is 5.75 Å². The van der Waals surface area contributed by atoms with Crippen LogP contribution < -0.4 is 15.4 Å². The van der Waals surface area contributed by atoms with Crippen LogP contribution in [0.1, 0.15) is 25.7 Å². The molecule has 1 saturated heterocycles. The molecule has 2 N–H and O–H groups in total. The summed E-state index contributed by atoms with van der Waals surface area (Å²) in [5.74, 6) is 1.51. The number of carbonyl (C=O) groups is 1. The van der Waals surface area contributed by atoms with E-state index < -0.39 is 0 Å². The number of carbonyl (C=O) groups excluding carboxylic acids is 1. The first kappa shape index (κ1) is 17.5. The summed E-state index contributed by atoms with van der Waals surface area (Å²) in [6.07, 6.45) is 5.00. The second-order valence-electron chi connectivity index (χ2n) is 6.79. The third-order valence-electron chi connectivity index (χ3n) is 4.78. The van der Waals surface area contributed by atoms with Gasteiger partial charge in [0.15, 0.2) is 0 Å². The molecule has 1 saturated carbocycles. The Morgan fingerprint density at radius 2 is 2.04 bits per heavy atom. The number of likely N-dealkylation sites (tertiary alicyclic amines) is 1. The first-order chi connectivity index (χ1) is 11.6. The Kier molecular flexibility index (Phi) is 5.98. The summed E-state index contributed by atoms with van der Waals surface area (Å²) in [5.41, 5.74) is 0.621. The number of amides is 1. The van der Waals surface area contributed by atoms with E-state index in [0.29, 0.717) is 29.0 Å². The minimum atomic E-state index is -0.0278. The van der Waals surface area contributed by atoms with Crippen molar-refractivity contribution in [1.29, 1.82) is 0 Å². The van der Waals surface area contributed by atoms with Gasteiger partial charge in [-0.2, -0.15) is 0 Å². The van der Waals surface area contributed by atoms with E-state index in [1.165, 1.54) is 19.4 Å². The Hall–Kier alpha value is -1.30. The fourth-order valence-corrected chi connectivity index (χ4v) is 3.29. The van der Waals surface area contributed by atoms with E-state index in [1.54, 1.807) is 25.3 Å². The van der Waals surface area contributed by atoms with Gasteiger partial charge in [-0.3, -0.25) is 9.69 Å². The predicted molar refractivity (Wildman–Crippen MR) is 96.8 cm³/mol. The summed E-state index contributed by atoms with van der Waals surface area (Å²) in [6, 6.07) is 5.83. The van der Waals surface area contributed by atoms with Gasteiger partial charge in [0.25, 0.3) is 0 Å². The van der Waals surface area contributed by atoms with E-state index in [2.05, 4.69) is 15.5 Å². The summed E-state index contributed by atoms with van der Waals surface area (Å²) in [6.45, 7) is 3.50. The molecule has 5 nitrogen and oxygen atoms in total. The largest absolute Gasteiger partial charge is 0.495 e. The molecular formula is C18H26ClN3O2. The summed E-state index contributed by atoms with van der Waals surface area (Å²) in [4.78, 5) is 14.5. The van der Waals surface area contributed by atoms with Gasteiger partial charge in [0, 0.05) is 24.2 Å². The van der Waals surface area contributed by atoms with Crippen molar-refractivity contribution in [3.63, 3.8) is 0 Å². The lowest BCUT2D eigenvalue weighted by atomic mass is 10.0. The highest BCUT2D eigenvalue weighted by Gasteiger charge is 2.25. The van der Waals surface area contributed by atoms with Gasteiger partial charge in [0.05, 0.1) is 19.3 Å². The Morgan fingerprint density at radius 3 is 2.71 bits per heavy atom. The number of benzene rings is 1. The van der Waals surface area contributed by atoms with Gasteiger partial charge in [-0.05, 0) is 56.3 Å². The third-order valence-corrected chi connectivity index (χ3v) is 5.02. The van der Waals surface area contributed by atoms with Gasteiger partial charge in [-0.15, -0.1) is 0 Å². The van der Waals surface area contributed by atoms with Crippen molar-refractivity contribution in [1.82, 2.24) is 10.2 Å². The van der Waals surface area contributed by atoms with Crippen LogP contribution in [0.2, 0.25) is 5.02 Å². The molecule has 1 aliphatic carbocycles. The van der Waals surface area contributed by atoms with Crippen molar-refractivity contribution in [3.8, 4) is 5.75 Å². The highest BCUT2D eigenvalue weighted by molar-refractivity contribution is 6.31. The molecule has 0 bridgehead atoms. The molecule has 2 aliphatic rings. The van der Waals surface area contributed by atoms with Gasteiger partial charge in [-0.1, -0.05) is 11.6 Å². The van der Waals surface area contributed by atoms with Crippen molar-refractivity contribution in [3.05, 3.63) is 23.2 Å². The molecule has 3 rings (SSSR count). The van der Waals surface area contributed by atoms with Crippen molar-refractivity contribution in [2.75, 3.05) is 38.6 Å². The van der Waals surface area contributed by atoms with Crippen LogP contribution in [0.25, 0.3) is 0 Å². The number of hydrogen-bond acceptors (Lipinski definition) is 4. The monoisotopic (exact) mass is 351 g/mol. The Morgan fingerprint density at radius 1 is 1.29 bits per heavy atom. The minimum Gasteiger partial charge on any atom is -0.495 e. The van der Waals surface area contributed by atoms with Gasteiger partial charge in [-0.25, -0.2) is 0 Å². The maximum Gasteiger partial charge on any atom is 0.238 e. The van der Waals surface area contributed by atoms with Crippen molar-refractivity contribution < 1.29 is 9.53 Å². The summed E-state index contributed by atoms with van der Waals surface area (Å²) >= 11 is 6.00. The van der Waals surface area contributed by atoms with E-state index in [1.807, 2.05) is 0 Å². The maximum atomic E-state index is 12.3. The molecule has 0 aromatic heterocycles. The number of ether oxygens (including phenoxy) is 1. The molecule has 24 heavy (non-hydrogen) atoms. The zero-order valence-electron chi connectivity index (χ0n) is 14.2. The highest BCUT2D eigenvalue weighted by atomic mass is 35.5. The summed E-state index contributed by atoms with van der Waals surface area (Å²) < 4.78 is 5.26. The number of nitrogens with zero attached hydrogens (tertiary/aromatic N) is 1. The first-order valence-electron chi connectivity index (χ1n) is 8.73. The molecule has 0 radical (unpaired) electrons. The molecule has 0 spiro atoms. The average molecular weight is 352 g/mol. The fraction of sp³-hybridized carbons (Fsp3) is 0.611. The molecule has 132 valence electrons. The number of halogens is 1. The zero-order valence-corrected chi connectivity index (χ0v) is 14.9. The van der Waals surface area contributed by atoms with Gasteiger partial charge >= 0.3 is 0 Å². The molecule has 1 aromatic carbocycles. The van der Waals surface area contributed by atoms with Crippen LogP contribution in [0.5, 0.6) is 5.75 Å². The number of rotatable bonds is 7. The maximum absolute atomic E-state index is 12.3. The summed E-state index contributed by atoms with van der Waals surface area (Å²) in [7, 11) is 1.58. The zero-order chi connectivity index (χ0) is 16.9. The van der Waals surface area contributed by atoms with E-state index in [0.717, 1.165) is 31.8 Å². The molecule has 0 atom stereocenters. The average Bonchev–Trinajstić information content (AvgIpc) is 3.39. The van der Waals surface area contributed by atoms with Crippen LogP contribution in [0.3, 0.4) is 0 Å². The predicted octanol–water partition coefficient (Wildman–Crippen LogP) is 2.75. The number of anilines is 1. The number of nitrogens with one attached hydrogen (secondary N) is 2. The fourth-order valence-electron chi connectivity index (χ4n) is 3.12. The molecule has 1 aromatic rings. The highest BCUT2D eigenvalue weighted by Crippen LogP contribution is 2.28. The molecule has 1 amide bonds. The molecule has 2 fully saturated rings. The lowest BCUT2D eigenvalue weighted by Crippen LogP contribution is -2.45. The smallest absolute Gasteiger partial charge is 0.238 e. The van der Waals surface area contributed by atoms with E-state index >= 15 is 0 Å². The third kappa shape index (κ3) is 5.10. The van der Waals surface area contributed by atoms with Crippen LogP contribution in [-0.4, -0.2) is 50.1 Å². The van der Waals surface area contributed by atoms with E-state index in [-0.39, 0.29) is 5.91 Å². The lowest BCUT2D eigenvalue weighted by Gasteiger charge is -2.32. The van der Waals surface area contributed by atoms with Crippen LogP contribution in [-0.2, 0) is 4.79 Å². The number of hydrogen-bond donors (Lipinski definition) is 2. The van der Waals surface area contributed by atoms with E-state index in [9.17, 15) is 4.79 Å². The Labute approximate surface area is 148 Å². The topological polar surface area (TPSA) is 53.6 Å².